The largest absolute Gasteiger partial charge is 0.494 e. The summed E-state index contributed by atoms with van der Waals surface area (Å²) in [4.78, 5) is 0. The molecule has 0 spiro atoms. The zero-order chi connectivity index (χ0) is 13.2. The molecule has 0 heterocycles. The van der Waals surface area contributed by atoms with Crippen molar-refractivity contribution < 1.29 is 4.74 Å². The summed E-state index contributed by atoms with van der Waals surface area (Å²) in [7, 11) is 2.01. The highest BCUT2D eigenvalue weighted by Crippen LogP contribution is 2.22. The molecule has 0 saturated carbocycles. The summed E-state index contributed by atoms with van der Waals surface area (Å²) in [6, 6.07) is 6.50. The average molecular weight is 249 g/mol. The molecule has 0 aliphatic carbocycles. The Kier molecular flexibility index (Phi) is 7.51. The molecular weight excluding hydrogens is 222 g/mol. The van der Waals surface area contributed by atoms with E-state index in [9.17, 15) is 0 Å². The predicted molar refractivity (Wildman–Crippen MR) is 78.4 cm³/mol. The van der Waals surface area contributed by atoms with E-state index in [0.717, 1.165) is 25.3 Å². The average Bonchev–Trinajstić information content (AvgIpc) is 2.37. The topological polar surface area (TPSA) is 21.3 Å². The van der Waals surface area contributed by atoms with E-state index in [0.29, 0.717) is 0 Å². The maximum Gasteiger partial charge on any atom is 0.122 e. The summed E-state index contributed by atoms with van der Waals surface area (Å²) < 4.78 is 5.68. The van der Waals surface area contributed by atoms with Crippen LogP contribution in [0.1, 0.15) is 43.7 Å². The molecule has 0 aliphatic heterocycles. The van der Waals surface area contributed by atoms with Gasteiger partial charge >= 0.3 is 0 Å². The molecule has 0 aromatic heterocycles. The van der Waals surface area contributed by atoms with Crippen LogP contribution in [-0.2, 0) is 6.42 Å². The molecule has 0 bridgehead atoms. The zero-order valence-electron chi connectivity index (χ0n) is 12.1. The number of hydrogen-bond acceptors (Lipinski definition) is 2. The number of rotatable bonds is 9. The first-order chi connectivity index (χ1) is 8.77. The highest BCUT2D eigenvalue weighted by atomic mass is 16.5. The molecular formula is C16H27NO. The minimum atomic E-state index is 0.748. The fourth-order valence-electron chi connectivity index (χ4n) is 2.17. The first-order valence-corrected chi connectivity index (χ1v) is 7.15. The van der Waals surface area contributed by atoms with Crippen LogP contribution in [0, 0.1) is 6.92 Å². The lowest BCUT2D eigenvalue weighted by Gasteiger charge is -2.11. The van der Waals surface area contributed by atoms with Gasteiger partial charge in [0.05, 0.1) is 6.61 Å². The van der Waals surface area contributed by atoms with E-state index in [-0.39, 0.29) is 0 Å². The molecule has 0 amide bonds. The van der Waals surface area contributed by atoms with Crippen LogP contribution >= 0.6 is 0 Å². The highest BCUT2D eigenvalue weighted by molar-refractivity contribution is 5.36. The first kappa shape index (κ1) is 15.0. The SMILES string of the molecule is CCOc1ccc(C)cc1CCCCCCNC. The summed E-state index contributed by atoms with van der Waals surface area (Å²) in [5.41, 5.74) is 2.69. The summed E-state index contributed by atoms with van der Waals surface area (Å²) in [6.45, 7) is 6.07. The van der Waals surface area contributed by atoms with Gasteiger partial charge in [0.1, 0.15) is 5.75 Å². The second-order valence-electron chi connectivity index (χ2n) is 4.81. The zero-order valence-corrected chi connectivity index (χ0v) is 12.1. The summed E-state index contributed by atoms with van der Waals surface area (Å²) in [6.07, 6.45) is 6.30. The van der Waals surface area contributed by atoms with E-state index in [2.05, 4.69) is 30.4 Å². The monoisotopic (exact) mass is 249 g/mol. The smallest absolute Gasteiger partial charge is 0.122 e. The number of ether oxygens (including phenoxy) is 1. The standard InChI is InChI=1S/C16H27NO/c1-4-18-16-11-10-14(2)13-15(16)9-7-5-6-8-12-17-3/h10-11,13,17H,4-9,12H2,1-3H3. The van der Waals surface area contributed by atoms with E-state index >= 15 is 0 Å². The number of nitrogens with one attached hydrogen (secondary N) is 1. The van der Waals surface area contributed by atoms with Gasteiger partial charge in [-0.2, -0.15) is 0 Å². The molecule has 0 saturated heterocycles. The van der Waals surface area contributed by atoms with Gasteiger partial charge in [0, 0.05) is 0 Å². The molecule has 2 nitrogen and oxygen atoms in total. The quantitative estimate of drug-likeness (QED) is 0.674. The molecule has 1 N–H and O–H groups in total. The van der Waals surface area contributed by atoms with Crippen LogP contribution < -0.4 is 10.1 Å². The van der Waals surface area contributed by atoms with Gasteiger partial charge in [0.15, 0.2) is 0 Å². The van der Waals surface area contributed by atoms with Gasteiger partial charge in [0.2, 0.25) is 0 Å². The van der Waals surface area contributed by atoms with Gasteiger partial charge in [0.25, 0.3) is 0 Å². The van der Waals surface area contributed by atoms with Gasteiger partial charge in [-0.3, -0.25) is 0 Å². The lowest BCUT2D eigenvalue weighted by molar-refractivity contribution is 0.336. The summed E-state index contributed by atoms with van der Waals surface area (Å²) >= 11 is 0. The van der Waals surface area contributed by atoms with Crippen molar-refractivity contribution in [1.82, 2.24) is 5.32 Å². The van der Waals surface area contributed by atoms with Crippen LogP contribution in [0.4, 0.5) is 0 Å². The Labute approximate surface area is 112 Å². The van der Waals surface area contributed by atoms with Crippen LogP contribution in [0.25, 0.3) is 0 Å². The molecule has 0 atom stereocenters. The van der Waals surface area contributed by atoms with Gasteiger partial charge < -0.3 is 10.1 Å². The minimum absolute atomic E-state index is 0.748. The normalized spacial score (nSPS) is 10.6. The Morgan fingerprint density at radius 2 is 1.89 bits per heavy atom. The molecule has 0 fully saturated rings. The lowest BCUT2D eigenvalue weighted by atomic mass is 10.0. The van der Waals surface area contributed by atoms with Crippen molar-refractivity contribution in [1.29, 1.82) is 0 Å². The number of aryl methyl sites for hydroxylation is 2. The Balaban J connectivity index is 2.37. The van der Waals surface area contributed by atoms with E-state index in [4.69, 9.17) is 4.74 Å². The molecule has 0 aliphatic rings. The van der Waals surface area contributed by atoms with Crippen molar-refractivity contribution in [3.05, 3.63) is 29.3 Å². The molecule has 0 unspecified atom stereocenters. The molecule has 1 aromatic carbocycles. The maximum absolute atomic E-state index is 5.68. The minimum Gasteiger partial charge on any atom is -0.494 e. The summed E-state index contributed by atoms with van der Waals surface area (Å²) in [5.74, 6) is 1.07. The fraction of sp³-hybridized carbons (Fsp3) is 0.625. The molecule has 18 heavy (non-hydrogen) atoms. The van der Waals surface area contributed by atoms with Crippen LogP contribution in [0.5, 0.6) is 5.75 Å². The number of unbranched alkanes of at least 4 members (excludes halogenated alkanes) is 3. The van der Waals surface area contributed by atoms with Crippen molar-refractivity contribution >= 4 is 0 Å². The third-order valence-corrected chi connectivity index (χ3v) is 3.14. The van der Waals surface area contributed by atoms with Crippen LogP contribution in [-0.4, -0.2) is 20.2 Å². The number of hydrogen-bond donors (Lipinski definition) is 1. The fourth-order valence-corrected chi connectivity index (χ4v) is 2.17. The van der Waals surface area contributed by atoms with Gasteiger partial charge in [-0.15, -0.1) is 0 Å². The van der Waals surface area contributed by atoms with Crippen LogP contribution in [0.2, 0.25) is 0 Å². The Morgan fingerprint density at radius 1 is 1.11 bits per heavy atom. The third-order valence-electron chi connectivity index (χ3n) is 3.14. The van der Waals surface area contributed by atoms with Crippen molar-refractivity contribution in [2.24, 2.45) is 0 Å². The van der Waals surface area contributed by atoms with E-state index in [1.54, 1.807) is 0 Å². The Bertz CT molecular complexity index is 336. The van der Waals surface area contributed by atoms with Crippen LogP contribution in [0.3, 0.4) is 0 Å². The first-order valence-electron chi connectivity index (χ1n) is 7.15. The molecule has 0 radical (unpaired) electrons. The van der Waals surface area contributed by atoms with E-state index in [1.165, 1.54) is 36.8 Å². The number of benzene rings is 1. The highest BCUT2D eigenvalue weighted by Gasteiger charge is 2.03. The third kappa shape index (κ3) is 5.54. The Morgan fingerprint density at radius 3 is 2.61 bits per heavy atom. The molecule has 1 aromatic rings. The van der Waals surface area contributed by atoms with Crippen molar-refractivity contribution in [3.63, 3.8) is 0 Å². The van der Waals surface area contributed by atoms with Crippen molar-refractivity contribution in [2.75, 3.05) is 20.2 Å². The van der Waals surface area contributed by atoms with Gasteiger partial charge in [-0.1, -0.05) is 30.5 Å². The van der Waals surface area contributed by atoms with Crippen molar-refractivity contribution in [3.8, 4) is 5.75 Å². The molecule has 102 valence electrons. The summed E-state index contributed by atoms with van der Waals surface area (Å²) in [5, 5.41) is 3.19. The molecule has 1 rings (SSSR count). The second-order valence-corrected chi connectivity index (χ2v) is 4.81. The predicted octanol–water partition coefficient (Wildman–Crippen LogP) is 3.72. The van der Waals surface area contributed by atoms with Gasteiger partial charge in [-0.25, -0.2) is 0 Å². The second kappa shape index (κ2) is 8.98. The van der Waals surface area contributed by atoms with Gasteiger partial charge in [-0.05, 0) is 58.3 Å². The lowest BCUT2D eigenvalue weighted by Crippen LogP contribution is -2.07. The van der Waals surface area contributed by atoms with E-state index in [1.807, 2.05) is 14.0 Å². The van der Waals surface area contributed by atoms with Crippen LogP contribution in [0.15, 0.2) is 18.2 Å². The molecule has 2 heteroatoms. The van der Waals surface area contributed by atoms with E-state index < -0.39 is 0 Å². The maximum atomic E-state index is 5.68. The van der Waals surface area contributed by atoms with Crippen molar-refractivity contribution in [2.45, 2.75) is 46.0 Å². The Hall–Kier alpha value is -1.02.